The minimum Gasteiger partial charge on any atom is -0.455 e. The van der Waals surface area contributed by atoms with E-state index in [1.807, 2.05) is 100 Å². The molecular weight excluding hydrogens is 1130 g/mol. The molecule has 0 saturated carbocycles. The molecular formula is C63H84N12O11S. The van der Waals surface area contributed by atoms with E-state index in [1.54, 1.807) is 27.9 Å². The average molecular weight is 1220 g/mol. The van der Waals surface area contributed by atoms with Crippen molar-refractivity contribution in [3.8, 4) is 0 Å². The fraction of sp³-hybridized carbons (Fsp3) is 0.524. The van der Waals surface area contributed by atoms with Crippen molar-refractivity contribution in [3.63, 3.8) is 0 Å². The van der Waals surface area contributed by atoms with Crippen molar-refractivity contribution in [3.05, 3.63) is 106 Å². The molecule has 87 heavy (non-hydrogen) atoms. The number of imide groups is 1. The number of nitrogens with one attached hydrogen (secondary N) is 3. The van der Waals surface area contributed by atoms with Crippen molar-refractivity contribution >= 4 is 81.4 Å². The second kappa shape index (κ2) is 31.1. The Morgan fingerprint density at radius 3 is 2.10 bits per heavy atom. The van der Waals surface area contributed by atoms with Gasteiger partial charge in [0.2, 0.25) is 35.4 Å². The maximum atomic E-state index is 15.1. The summed E-state index contributed by atoms with van der Waals surface area (Å²) < 4.78 is 5.90. The quantitative estimate of drug-likeness (QED) is 0.0252. The highest BCUT2D eigenvalue weighted by molar-refractivity contribution is 7.09. The molecule has 3 aliphatic rings. The van der Waals surface area contributed by atoms with Crippen molar-refractivity contribution in [2.45, 2.75) is 135 Å². The van der Waals surface area contributed by atoms with Gasteiger partial charge in [-0.2, -0.15) is 0 Å². The van der Waals surface area contributed by atoms with E-state index < -0.39 is 71.8 Å². The Labute approximate surface area is 512 Å². The molecule has 0 bridgehead atoms. The summed E-state index contributed by atoms with van der Waals surface area (Å²) in [7, 11) is 4.98. The Kier molecular flexibility index (Phi) is 23.8. The Morgan fingerprint density at radius 1 is 0.805 bits per heavy atom. The standard InChI is InChI=1S/C63H84N12O11S/c1-9-40(4)56(69-59(82)51-37-70(51)6)63(85)71(7)49(39(2)3)35-52(86-41(5)76)60-68-48(38-87-60)61(83)72(8)50(34-43-32-44-20-13-14-21-45(44)65-36-43)58(81)66-46(22-15-16-26-64)57(80)67-47(33-42-18-11-10-12-19-42)62(84)74-30-28-73(29-31-74)53(77)23-17-27-75-54(78)24-25-55(75)79/h10-14,18-21,24-25,32,36,38-40,46-47,49-52,56H,9,15-17,22-23,26-31,33-35,37,64H2,1-8H3,(H,66,81)(H,67,80)(H,69,82)/t40-,46+,47-,49+,50-,51?,52+,56?,70?/m0/s1. The summed E-state index contributed by atoms with van der Waals surface area (Å²) in [5, 5.41) is 11.5. The zero-order valence-electron chi connectivity index (χ0n) is 51.1. The number of rotatable bonds is 30. The zero-order valence-corrected chi connectivity index (χ0v) is 52.0. The van der Waals surface area contributed by atoms with Crippen LogP contribution in [0.2, 0.25) is 0 Å². The predicted octanol–water partition coefficient (Wildman–Crippen LogP) is 3.41. The third-order valence-electron chi connectivity index (χ3n) is 16.6. The highest BCUT2D eigenvalue weighted by Crippen LogP contribution is 2.32. The van der Waals surface area contributed by atoms with Crippen molar-refractivity contribution in [2.75, 3.05) is 67.0 Å². The van der Waals surface area contributed by atoms with E-state index in [0.717, 1.165) is 32.7 Å². The smallest absolute Gasteiger partial charge is 0.303 e. The van der Waals surface area contributed by atoms with Crippen LogP contribution in [0.1, 0.15) is 112 Å². The lowest BCUT2D eigenvalue weighted by Gasteiger charge is -2.37. The summed E-state index contributed by atoms with van der Waals surface area (Å²) >= 11 is 1.09. The SMILES string of the molecule is CC[C@H](C)C(NC(=O)C1CN1C)C(=O)N(C)[C@H](C[C@@H](OC(C)=O)c1nc(C(=O)N(C)[C@@H](Cc2cnc3ccccc3c2)C(=O)N[C@H](CCCCN)C(=O)N[C@@H](Cc2ccccc2)C(=O)N2CCN(C(=O)CCCN3C(=O)C=CC3=O)CC2)cs1)C(C)C. The lowest BCUT2D eigenvalue weighted by molar-refractivity contribution is -0.149. The van der Waals surface area contributed by atoms with E-state index >= 15 is 4.79 Å². The van der Waals surface area contributed by atoms with E-state index in [4.69, 9.17) is 15.5 Å². The van der Waals surface area contributed by atoms with Gasteiger partial charge in [0, 0.05) is 121 Å². The number of thiazole rings is 1. The number of nitrogens with zero attached hydrogens (tertiary/aromatic N) is 8. The number of aromatic nitrogens is 2. The Bertz CT molecular complexity index is 3130. The fourth-order valence-corrected chi connectivity index (χ4v) is 11.8. The third kappa shape index (κ3) is 17.8. The van der Waals surface area contributed by atoms with Crippen molar-refractivity contribution < 1.29 is 52.7 Å². The molecule has 9 amide bonds. The second-order valence-electron chi connectivity index (χ2n) is 23.2. The van der Waals surface area contributed by atoms with Gasteiger partial charge < -0.3 is 46.0 Å². The van der Waals surface area contributed by atoms with Crippen LogP contribution in [-0.4, -0.2) is 202 Å². The number of fused-ring (bicyclic) bond motifs is 1. The van der Waals surface area contributed by atoms with E-state index in [0.29, 0.717) is 44.3 Å². The van der Waals surface area contributed by atoms with Crippen LogP contribution in [0.15, 0.2) is 84.4 Å². The van der Waals surface area contributed by atoms with Gasteiger partial charge in [-0.25, -0.2) is 4.98 Å². The van der Waals surface area contributed by atoms with Crippen molar-refractivity contribution in [1.82, 2.24) is 55.3 Å². The molecule has 2 saturated heterocycles. The van der Waals surface area contributed by atoms with Gasteiger partial charge in [-0.15, -0.1) is 11.3 Å². The lowest BCUT2D eigenvalue weighted by atomic mass is 9.93. The summed E-state index contributed by atoms with van der Waals surface area (Å²) in [6, 6.07) is 13.4. The van der Waals surface area contributed by atoms with E-state index in [9.17, 15) is 43.2 Å². The highest BCUT2D eigenvalue weighted by Gasteiger charge is 2.42. The van der Waals surface area contributed by atoms with E-state index in [-0.39, 0.29) is 117 Å². The number of benzene rings is 2. The summed E-state index contributed by atoms with van der Waals surface area (Å²) in [5.74, 6) is -4.79. The summed E-state index contributed by atoms with van der Waals surface area (Å²) in [4.78, 5) is 155. The van der Waals surface area contributed by atoms with Gasteiger partial charge in [0.1, 0.15) is 40.9 Å². The van der Waals surface area contributed by atoms with Crippen molar-refractivity contribution in [2.24, 2.45) is 17.6 Å². The van der Waals surface area contributed by atoms with Gasteiger partial charge in [0.05, 0.1) is 5.52 Å². The minimum atomic E-state index is -1.26. The van der Waals surface area contributed by atoms with Crippen LogP contribution in [0, 0.1) is 11.8 Å². The number of nitrogens with two attached hydrogens (primary N) is 1. The normalized spacial score (nSPS) is 18.1. The van der Waals surface area contributed by atoms with Gasteiger partial charge in [-0.1, -0.05) is 82.6 Å². The van der Waals surface area contributed by atoms with Crippen molar-refractivity contribution in [1.29, 1.82) is 0 Å². The van der Waals surface area contributed by atoms with Crippen LogP contribution < -0.4 is 21.7 Å². The monoisotopic (exact) mass is 1220 g/mol. The Morgan fingerprint density at radius 2 is 1.46 bits per heavy atom. The molecule has 2 fully saturated rings. The molecule has 2 aromatic heterocycles. The first-order valence-electron chi connectivity index (χ1n) is 30.0. The largest absolute Gasteiger partial charge is 0.455 e. The first kappa shape index (κ1) is 66.6. The van der Waals surface area contributed by atoms with E-state index in [1.165, 1.54) is 36.4 Å². The van der Waals surface area contributed by atoms with Crippen LogP contribution in [0.25, 0.3) is 10.9 Å². The first-order valence-corrected chi connectivity index (χ1v) is 30.9. The molecule has 4 aromatic rings. The number of carbonyl (C=O) groups excluding carboxylic acids is 10. The molecule has 7 rings (SSSR count). The number of pyridine rings is 1. The molecule has 9 atom stereocenters. The first-order chi connectivity index (χ1) is 41.6. The van der Waals surface area contributed by atoms with Gasteiger partial charge in [0.25, 0.3) is 17.7 Å². The molecule has 468 valence electrons. The second-order valence-corrected chi connectivity index (χ2v) is 24.1. The molecule has 24 heteroatoms. The van der Waals surface area contributed by atoms with Crippen LogP contribution in [0.3, 0.4) is 0 Å². The number of esters is 1. The molecule has 5 N–H and O–H groups in total. The summed E-state index contributed by atoms with van der Waals surface area (Å²) in [6.45, 7) is 10.9. The lowest BCUT2D eigenvalue weighted by Crippen LogP contribution is -2.59. The highest BCUT2D eigenvalue weighted by atomic mass is 32.1. The molecule has 0 spiro atoms. The maximum absolute atomic E-state index is 15.1. The number of para-hydroxylation sites is 1. The summed E-state index contributed by atoms with van der Waals surface area (Å²) in [6.07, 6.45) is 5.33. The topological polar surface area (TPSA) is 287 Å². The predicted molar refractivity (Wildman–Crippen MR) is 327 cm³/mol. The molecule has 0 aliphatic carbocycles. The fourth-order valence-electron chi connectivity index (χ4n) is 11.0. The number of ether oxygens (including phenoxy) is 1. The van der Waals surface area contributed by atoms with Gasteiger partial charge in [-0.3, -0.25) is 62.7 Å². The number of likely N-dealkylation sites (N-methyl/N-ethyl adjacent to an activating group) is 3. The number of unbranched alkanes of at least 4 members (excludes halogenated alkanes) is 1. The van der Waals surface area contributed by atoms with Crippen LogP contribution >= 0.6 is 11.3 Å². The Hall–Kier alpha value is -7.96. The number of carbonyl (C=O) groups is 10. The van der Waals surface area contributed by atoms with Gasteiger partial charge in [-0.05, 0) is 74.4 Å². The molecule has 0 radical (unpaired) electrons. The maximum Gasteiger partial charge on any atom is 0.303 e. The average Bonchev–Trinajstić information content (AvgIpc) is 4.15. The van der Waals surface area contributed by atoms with Crippen LogP contribution in [0.5, 0.6) is 0 Å². The molecule has 3 aliphatic heterocycles. The number of hydrogen-bond acceptors (Lipinski definition) is 16. The molecule has 5 heterocycles. The van der Waals surface area contributed by atoms with Gasteiger partial charge >= 0.3 is 5.97 Å². The molecule has 3 unspecified atom stereocenters. The molecule has 2 aromatic carbocycles. The zero-order chi connectivity index (χ0) is 63.1. The minimum absolute atomic E-state index is 0.0408. The Balaban J connectivity index is 1.10. The molecule has 23 nitrogen and oxygen atoms in total. The van der Waals surface area contributed by atoms with Crippen LogP contribution in [0.4, 0.5) is 0 Å². The van der Waals surface area contributed by atoms with E-state index in [2.05, 4.69) is 20.9 Å². The van der Waals surface area contributed by atoms with Crippen LogP contribution in [-0.2, 0) is 60.7 Å². The number of hydrogen-bond donors (Lipinski definition) is 4. The summed E-state index contributed by atoms with van der Waals surface area (Å²) in [5.41, 5.74) is 7.98. The number of piperazine rings is 1. The van der Waals surface area contributed by atoms with Gasteiger partial charge in [0.15, 0.2) is 6.10 Å². The third-order valence-corrected chi connectivity index (χ3v) is 17.5. The number of amides is 9.